The summed E-state index contributed by atoms with van der Waals surface area (Å²) in [5.74, 6) is -5.69. The predicted molar refractivity (Wildman–Crippen MR) is 201 cm³/mol. The summed E-state index contributed by atoms with van der Waals surface area (Å²) in [5.41, 5.74) is 18.0. The van der Waals surface area contributed by atoms with Crippen molar-refractivity contribution in [3.63, 3.8) is 0 Å². The van der Waals surface area contributed by atoms with Gasteiger partial charge in [-0.25, -0.2) is 0 Å². The largest absolute Gasteiger partial charge is 0.391 e. The molecule has 14 N–H and O–H groups in total. The molecule has 2 rings (SSSR count). The molecule has 0 unspecified atom stereocenters. The monoisotopic (exact) mass is 760 g/mol. The van der Waals surface area contributed by atoms with Crippen molar-refractivity contribution in [2.24, 2.45) is 29.0 Å². The van der Waals surface area contributed by atoms with E-state index in [1.165, 1.54) is 6.92 Å². The Bertz CT molecular complexity index is 1410. The topological polar surface area (TPSA) is 302 Å². The van der Waals surface area contributed by atoms with Crippen LogP contribution in [0.15, 0.2) is 30.3 Å². The number of aliphatic hydroxyl groups excluding tert-OH is 1. The van der Waals surface area contributed by atoms with Gasteiger partial charge in [0.15, 0.2) is 0 Å². The van der Waals surface area contributed by atoms with E-state index in [9.17, 15) is 38.7 Å². The molecule has 1 fully saturated rings. The Hall–Kier alpha value is -4.65. The van der Waals surface area contributed by atoms with Crippen molar-refractivity contribution < 1.29 is 38.7 Å². The average Bonchev–Trinajstić information content (AvgIpc) is 3.11. The van der Waals surface area contributed by atoms with Crippen LogP contribution < -0.4 is 54.4 Å². The molecule has 1 aliphatic rings. The number of rotatable bonds is 11. The molecule has 0 spiro atoms. The van der Waals surface area contributed by atoms with Crippen LogP contribution in [0.5, 0.6) is 0 Å². The first-order valence-corrected chi connectivity index (χ1v) is 18.5. The molecule has 0 aromatic heterocycles. The molecule has 1 aromatic rings. The van der Waals surface area contributed by atoms with Crippen molar-refractivity contribution in [3.8, 4) is 0 Å². The Morgan fingerprint density at radius 3 is 1.52 bits per heavy atom. The maximum absolute atomic E-state index is 14.0. The molecular weight excluding hydrogens is 700 g/mol. The summed E-state index contributed by atoms with van der Waals surface area (Å²) in [6.07, 6.45) is -1.06. The van der Waals surface area contributed by atoms with Crippen molar-refractivity contribution in [3.05, 3.63) is 35.9 Å². The van der Waals surface area contributed by atoms with Crippen molar-refractivity contribution in [2.75, 3.05) is 26.2 Å². The van der Waals surface area contributed by atoms with Crippen LogP contribution in [0.3, 0.4) is 0 Å². The van der Waals surface area contributed by atoms with Gasteiger partial charge in [0.2, 0.25) is 41.4 Å². The number of hydrogen-bond acceptors (Lipinski definition) is 11. The highest BCUT2D eigenvalue weighted by atomic mass is 16.3. The van der Waals surface area contributed by atoms with Crippen LogP contribution in [0.4, 0.5) is 0 Å². The summed E-state index contributed by atoms with van der Waals surface area (Å²) in [4.78, 5) is 94.7. The number of amides is 7. The maximum atomic E-state index is 14.0. The van der Waals surface area contributed by atoms with E-state index in [4.69, 9.17) is 17.2 Å². The van der Waals surface area contributed by atoms with Gasteiger partial charge in [0.1, 0.15) is 36.3 Å². The smallest absolute Gasteiger partial charge is 0.245 e. The molecule has 18 nitrogen and oxygen atoms in total. The normalized spacial score (nSPS) is 26.7. The van der Waals surface area contributed by atoms with Gasteiger partial charge in [-0.05, 0) is 70.1 Å². The van der Waals surface area contributed by atoms with E-state index in [1.807, 2.05) is 13.8 Å². The third-order valence-electron chi connectivity index (χ3n) is 8.91. The number of nitrogens with one attached hydrogen (secondary N) is 7. The quantitative estimate of drug-likeness (QED) is 0.107. The summed E-state index contributed by atoms with van der Waals surface area (Å²) >= 11 is 0. The van der Waals surface area contributed by atoms with Crippen LogP contribution in [-0.4, -0.2) is 115 Å². The van der Waals surface area contributed by atoms with Gasteiger partial charge in [0.25, 0.3) is 0 Å². The molecule has 1 aliphatic heterocycles. The van der Waals surface area contributed by atoms with Gasteiger partial charge >= 0.3 is 0 Å². The fourth-order valence-electron chi connectivity index (χ4n) is 5.78. The van der Waals surface area contributed by atoms with Crippen molar-refractivity contribution >= 4 is 41.4 Å². The lowest BCUT2D eigenvalue weighted by Gasteiger charge is -2.28. The van der Waals surface area contributed by atoms with Crippen LogP contribution in [0.2, 0.25) is 0 Å². The maximum Gasteiger partial charge on any atom is 0.245 e. The lowest BCUT2D eigenvalue weighted by molar-refractivity contribution is -0.136. The minimum atomic E-state index is -1.43. The molecule has 302 valence electrons. The van der Waals surface area contributed by atoms with Crippen LogP contribution in [0.25, 0.3) is 0 Å². The number of carbonyl (C=O) groups is 7. The van der Waals surface area contributed by atoms with E-state index in [-0.39, 0.29) is 70.6 Å². The molecule has 54 heavy (non-hydrogen) atoms. The van der Waals surface area contributed by atoms with E-state index < -0.39 is 89.6 Å². The van der Waals surface area contributed by atoms with Crippen LogP contribution in [0.1, 0.15) is 65.4 Å². The number of benzene rings is 1. The highest BCUT2D eigenvalue weighted by molar-refractivity contribution is 5.97. The van der Waals surface area contributed by atoms with Crippen LogP contribution in [-0.2, 0) is 40.0 Å². The molecule has 7 amide bonds. The van der Waals surface area contributed by atoms with E-state index in [2.05, 4.69) is 37.2 Å². The van der Waals surface area contributed by atoms with Crippen molar-refractivity contribution in [1.29, 1.82) is 0 Å². The van der Waals surface area contributed by atoms with Gasteiger partial charge in [-0.3, -0.25) is 33.6 Å². The Morgan fingerprint density at radius 2 is 1.04 bits per heavy atom. The van der Waals surface area contributed by atoms with E-state index >= 15 is 0 Å². The molecule has 1 aromatic carbocycles. The first-order valence-electron chi connectivity index (χ1n) is 18.5. The molecule has 8 atom stereocenters. The van der Waals surface area contributed by atoms with Gasteiger partial charge in [-0.15, -0.1) is 0 Å². The highest BCUT2D eigenvalue weighted by Crippen LogP contribution is 2.11. The Morgan fingerprint density at radius 1 is 0.611 bits per heavy atom. The summed E-state index contributed by atoms with van der Waals surface area (Å²) in [5, 5.41) is 28.8. The molecule has 1 heterocycles. The number of hydrogen-bond donors (Lipinski definition) is 11. The minimum Gasteiger partial charge on any atom is -0.391 e. The Balaban J connectivity index is 2.57. The van der Waals surface area contributed by atoms with Gasteiger partial charge in [-0.1, -0.05) is 51.1 Å². The van der Waals surface area contributed by atoms with E-state index in [0.717, 1.165) is 0 Å². The standard InChI is InChI=1S/C36H60N10O8/c1-20(2)18-27-34(52)43-25(11-15-38)31(49)42-26(12-16-39)33(51)46-29(22(4)47)36(54)40-17-13-21(3)30(48)41-24(10-14-37)32(50)45-28(35(53)44-27)19-23-8-6-5-7-9-23/h5-9,20-22,24-29,47H,10-19,37-39H2,1-4H3,(H,40,54)(H,41,48)(H,42,49)(H,43,52)(H,44,53)(H,45,50)(H,46,51)/t21-,22+,24-,25-,26-,27-,28+,29-/m0/s1. The lowest BCUT2D eigenvalue weighted by atomic mass is 10.00. The molecule has 0 radical (unpaired) electrons. The third kappa shape index (κ3) is 15.0. The molecule has 0 bridgehead atoms. The van der Waals surface area contributed by atoms with Gasteiger partial charge < -0.3 is 59.5 Å². The Labute approximate surface area is 316 Å². The molecule has 0 saturated carbocycles. The second-order valence-electron chi connectivity index (χ2n) is 14.1. The predicted octanol–water partition coefficient (Wildman–Crippen LogP) is -3.23. The SMILES string of the molecule is CC(C)C[C@@H]1NC(=O)[C@@H](Cc2ccccc2)NC(=O)[C@H](CCN)NC(=O)[C@@H](C)CCNC(=O)[C@H]([C@@H](C)O)NC(=O)[C@H](CCN)NC(=O)[C@H](CCN)NC1=O. The fourth-order valence-corrected chi connectivity index (χ4v) is 5.78. The third-order valence-corrected chi connectivity index (χ3v) is 8.91. The zero-order valence-electron chi connectivity index (χ0n) is 31.7. The van der Waals surface area contributed by atoms with Gasteiger partial charge in [0.05, 0.1) is 6.10 Å². The van der Waals surface area contributed by atoms with Crippen LogP contribution >= 0.6 is 0 Å². The molecule has 1 saturated heterocycles. The molecular formula is C36H60N10O8. The summed E-state index contributed by atoms with van der Waals surface area (Å²) in [7, 11) is 0. The van der Waals surface area contributed by atoms with Crippen LogP contribution in [0, 0.1) is 11.8 Å². The first-order chi connectivity index (χ1) is 25.6. The average molecular weight is 761 g/mol. The van der Waals surface area contributed by atoms with Crippen molar-refractivity contribution in [1.82, 2.24) is 37.2 Å². The second kappa shape index (κ2) is 23.2. The second-order valence-corrected chi connectivity index (χ2v) is 14.1. The van der Waals surface area contributed by atoms with Gasteiger partial charge in [0, 0.05) is 18.9 Å². The Kier molecular flexibility index (Phi) is 19.6. The number of aliphatic hydroxyl groups is 1. The summed E-state index contributed by atoms with van der Waals surface area (Å²) in [6.45, 7) is 6.53. The molecule has 0 aliphatic carbocycles. The fraction of sp³-hybridized carbons (Fsp3) is 0.639. The lowest BCUT2D eigenvalue weighted by Crippen LogP contribution is -2.61. The number of nitrogens with two attached hydrogens (primary N) is 3. The molecule has 18 heteroatoms. The van der Waals surface area contributed by atoms with Crippen molar-refractivity contribution in [2.45, 2.75) is 109 Å². The van der Waals surface area contributed by atoms with E-state index in [0.29, 0.717) is 5.56 Å². The summed E-state index contributed by atoms with van der Waals surface area (Å²) < 4.78 is 0. The highest BCUT2D eigenvalue weighted by Gasteiger charge is 2.34. The van der Waals surface area contributed by atoms with E-state index in [1.54, 1.807) is 37.3 Å². The first kappa shape index (κ1) is 45.5. The zero-order chi connectivity index (χ0) is 40.4. The number of carbonyl (C=O) groups excluding carboxylic acids is 7. The van der Waals surface area contributed by atoms with Gasteiger partial charge in [-0.2, -0.15) is 0 Å². The summed E-state index contributed by atoms with van der Waals surface area (Å²) in [6, 6.07) is 1.53. The minimum absolute atomic E-state index is 0.0259. The zero-order valence-corrected chi connectivity index (χ0v) is 31.7.